The largest absolute Gasteiger partial charge is 0.497 e. The molecule has 0 saturated carbocycles. The van der Waals surface area contributed by atoms with E-state index >= 15 is 0 Å². The van der Waals surface area contributed by atoms with E-state index in [0.29, 0.717) is 12.1 Å². The molecule has 19 heavy (non-hydrogen) atoms. The van der Waals surface area contributed by atoms with Gasteiger partial charge < -0.3 is 15.8 Å². The van der Waals surface area contributed by atoms with Gasteiger partial charge in [-0.15, -0.1) is 0 Å². The number of carbonyl (C=O) groups is 1. The molecule has 4 heteroatoms. The van der Waals surface area contributed by atoms with Crippen LogP contribution < -0.4 is 15.8 Å². The summed E-state index contributed by atoms with van der Waals surface area (Å²) in [5.41, 5.74) is 7.87. The average Bonchev–Trinajstić information content (AvgIpc) is 2.47. The van der Waals surface area contributed by atoms with Crippen molar-refractivity contribution >= 4 is 11.6 Å². The summed E-state index contributed by atoms with van der Waals surface area (Å²) in [5.74, 6) is 0.568. The van der Waals surface area contributed by atoms with Gasteiger partial charge in [-0.05, 0) is 42.0 Å². The van der Waals surface area contributed by atoms with Crippen LogP contribution in [0.3, 0.4) is 0 Å². The maximum absolute atomic E-state index is 12.0. The molecule has 0 fully saturated rings. The zero-order chi connectivity index (χ0) is 13.7. The molecule has 3 N–H and O–H groups in total. The molecule has 0 unspecified atom stereocenters. The van der Waals surface area contributed by atoms with Crippen molar-refractivity contribution in [1.82, 2.24) is 0 Å². The van der Waals surface area contributed by atoms with Crippen LogP contribution in [0.25, 0.3) is 0 Å². The number of nitrogens with two attached hydrogens (primary N) is 1. The molecular formula is C15H16N2O2. The second-order valence-corrected chi connectivity index (χ2v) is 4.09. The van der Waals surface area contributed by atoms with E-state index in [2.05, 4.69) is 5.32 Å². The third-order valence-corrected chi connectivity index (χ3v) is 2.77. The molecule has 4 nitrogen and oxygen atoms in total. The summed E-state index contributed by atoms with van der Waals surface area (Å²) in [5, 5.41) is 2.84. The third-order valence-electron chi connectivity index (χ3n) is 2.77. The molecule has 0 spiro atoms. The first kappa shape index (κ1) is 13.1. The van der Waals surface area contributed by atoms with Gasteiger partial charge in [0.05, 0.1) is 7.11 Å². The molecule has 0 aliphatic rings. The van der Waals surface area contributed by atoms with E-state index < -0.39 is 0 Å². The summed E-state index contributed by atoms with van der Waals surface area (Å²) in [4.78, 5) is 12.0. The van der Waals surface area contributed by atoms with Gasteiger partial charge in [0.1, 0.15) is 5.75 Å². The molecule has 2 aromatic rings. The van der Waals surface area contributed by atoms with Gasteiger partial charge in [-0.3, -0.25) is 4.79 Å². The first-order valence-corrected chi connectivity index (χ1v) is 5.97. The molecule has 0 radical (unpaired) electrons. The van der Waals surface area contributed by atoms with Crippen molar-refractivity contribution in [1.29, 1.82) is 0 Å². The number of benzene rings is 2. The lowest BCUT2D eigenvalue weighted by atomic mass is 10.1. The standard InChI is InChI=1S/C15H16N2O2/c1-19-14-7-5-12(6-8-14)15(18)17-13-4-2-3-11(9-13)10-16/h2-9H,10,16H2,1H3,(H,17,18). The number of hydrogen-bond donors (Lipinski definition) is 2. The van der Waals surface area contributed by atoms with Crippen LogP contribution in [-0.4, -0.2) is 13.0 Å². The number of ether oxygens (including phenoxy) is 1. The number of carbonyl (C=O) groups excluding carboxylic acids is 1. The van der Waals surface area contributed by atoms with Crippen molar-refractivity contribution in [3.63, 3.8) is 0 Å². The average molecular weight is 256 g/mol. The van der Waals surface area contributed by atoms with Crippen molar-refractivity contribution in [2.75, 3.05) is 12.4 Å². The number of hydrogen-bond acceptors (Lipinski definition) is 3. The van der Waals surface area contributed by atoms with Crippen molar-refractivity contribution in [2.24, 2.45) is 5.73 Å². The molecule has 0 heterocycles. The SMILES string of the molecule is COc1ccc(C(=O)Nc2cccc(CN)c2)cc1. The molecule has 0 saturated heterocycles. The summed E-state index contributed by atoms with van der Waals surface area (Å²) in [6.07, 6.45) is 0. The molecule has 98 valence electrons. The fourth-order valence-electron chi connectivity index (χ4n) is 1.72. The van der Waals surface area contributed by atoms with Gasteiger partial charge in [0, 0.05) is 17.8 Å². The first-order valence-electron chi connectivity index (χ1n) is 5.97. The van der Waals surface area contributed by atoms with E-state index in [1.807, 2.05) is 24.3 Å². The maximum atomic E-state index is 12.0. The van der Waals surface area contributed by atoms with Gasteiger partial charge in [-0.25, -0.2) is 0 Å². The lowest BCUT2D eigenvalue weighted by Gasteiger charge is -2.07. The number of amides is 1. The number of anilines is 1. The Balaban J connectivity index is 2.11. The van der Waals surface area contributed by atoms with E-state index in [0.717, 1.165) is 17.0 Å². The smallest absolute Gasteiger partial charge is 0.255 e. The molecule has 0 aliphatic carbocycles. The molecule has 0 bridgehead atoms. The van der Waals surface area contributed by atoms with E-state index in [1.165, 1.54) is 0 Å². The van der Waals surface area contributed by atoms with E-state index in [-0.39, 0.29) is 5.91 Å². The molecular weight excluding hydrogens is 240 g/mol. The fourth-order valence-corrected chi connectivity index (χ4v) is 1.72. The van der Waals surface area contributed by atoms with Crippen LogP contribution in [0.1, 0.15) is 15.9 Å². The van der Waals surface area contributed by atoms with Crippen LogP contribution in [0.5, 0.6) is 5.75 Å². The Bertz CT molecular complexity index is 565. The Morgan fingerprint density at radius 1 is 1.21 bits per heavy atom. The quantitative estimate of drug-likeness (QED) is 0.883. The fraction of sp³-hybridized carbons (Fsp3) is 0.133. The van der Waals surface area contributed by atoms with Gasteiger partial charge in [0.25, 0.3) is 5.91 Å². The highest BCUT2D eigenvalue weighted by Gasteiger charge is 2.06. The van der Waals surface area contributed by atoms with Gasteiger partial charge in [-0.2, -0.15) is 0 Å². The highest BCUT2D eigenvalue weighted by Crippen LogP contribution is 2.14. The molecule has 0 atom stereocenters. The highest BCUT2D eigenvalue weighted by molar-refractivity contribution is 6.04. The minimum atomic E-state index is -0.156. The maximum Gasteiger partial charge on any atom is 0.255 e. The van der Waals surface area contributed by atoms with E-state index in [4.69, 9.17) is 10.5 Å². The number of methoxy groups -OCH3 is 1. The molecule has 0 aliphatic heterocycles. The molecule has 2 aromatic carbocycles. The predicted octanol–water partition coefficient (Wildman–Crippen LogP) is 2.41. The van der Waals surface area contributed by atoms with Crippen LogP contribution in [0, 0.1) is 0 Å². The zero-order valence-corrected chi connectivity index (χ0v) is 10.7. The Hall–Kier alpha value is -2.33. The van der Waals surface area contributed by atoms with Crippen LogP contribution in [-0.2, 0) is 6.54 Å². The first-order chi connectivity index (χ1) is 9.22. The summed E-state index contributed by atoms with van der Waals surface area (Å²) < 4.78 is 5.05. The lowest BCUT2D eigenvalue weighted by Crippen LogP contribution is -2.12. The monoisotopic (exact) mass is 256 g/mol. The zero-order valence-electron chi connectivity index (χ0n) is 10.7. The van der Waals surface area contributed by atoms with Crippen molar-refractivity contribution in [3.05, 3.63) is 59.7 Å². The van der Waals surface area contributed by atoms with Gasteiger partial charge >= 0.3 is 0 Å². The van der Waals surface area contributed by atoms with Crippen LogP contribution in [0.2, 0.25) is 0 Å². The van der Waals surface area contributed by atoms with Crippen LogP contribution in [0.15, 0.2) is 48.5 Å². The minimum Gasteiger partial charge on any atom is -0.497 e. The van der Waals surface area contributed by atoms with Crippen molar-refractivity contribution < 1.29 is 9.53 Å². The topological polar surface area (TPSA) is 64.3 Å². The van der Waals surface area contributed by atoms with Crippen molar-refractivity contribution in [2.45, 2.75) is 6.54 Å². The highest BCUT2D eigenvalue weighted by atomic mass is 16.5. The summed E-state index contributed by atoms with van der Waals surface area (Å²) in [6, 6.07) is 14.4. The van der Waals surface area contributed by atoms with Crippen molar-refractivity contribution in [3.8, 4) is 5.75 Å². The van der Waals surface area contributed by atoms with Gasteiger partial charge in [0.2, 0.25) is 0 Å². The van der Waals surface area contributed by atoms with E-state index in [1.54, 1.807) is 31.4 Å². The Labute approximate surface area is 112 Å². The van der Waals surface area contributed by atoms with Gasteiger partial charge in [-0.1, -0.05) is 12.1 Å². The lowest BCUT2D eigenvalue weighted by molar-refractivity contribution is 0.102. The van der Waals surface area contributed by atoms with Crippen LogP contribution >= 0.6 is 0 Å². The number of rotatable bonds is 4. The minimum absolute atomic E-state index is 0.156. The normalized spacial score (nSPS) is 10.0. The van der Waals surface area contributed by atoms with Gasteiger partial charge in [0.15, 0.2) is 0 Å². The summed E-state index contributed by atoms with van der Waals surface area (Å²) in [7, 11) is 1.59. The Morgan fingerprint density at radius 3 is 2.58 bits per heavy atom. The summed E-state index contributed by atoms with van der Waals surface area (Å²) >= 11 is 0. The molecule has 2 rings (SSSR count). The van der Waals surface area contributed by atoms with Crippen LogP contribution in [0.4, 0.5) is 5.69 Å². The Kier molecular flexibility index (Phi) is 4.15. The Morgan fingerprint density at radius 2 is 1.95 bits per heavy atom. The van der Waals surface area contributed by atoms with E-state index in [9.17, 15) is 4.79 Å². The molecule has 1 amide bonds. The summed E-state index contributed by atoms with van der Waals surface area (Å²) in [6.45, 7) is 0.451. The second kappa shape index (κ2) is 6.02. The predicted molar refractivity (Wildman–Crippen MR) is 75.3 cm³/mol. The number of nitrogens with one attached hydrogen (secondary N) is 1. The second-order valence-electron chi connectivity index (χ2n) is 4.09. The molecule has 0 aromatic heterocycles. The third kappa shape index (κ3) is 3.33.